The molecular formula is C14H28O. The summed E-state index contributed by atoms with van der Waals surface area (Å²) in [5, 5.41) is 0. The van der Waals surface area contributed by atoms with E-state index in [1.807, 2.05) is 7.11 Å². The van der Waals surface area contributed by atoms with E-state index in [-0.39, 0.29) is 0 Å². The molecule has 1 fully saturated rings. The summed E-state index contributed by atoms with van der Waals surface area (Å²) < 4.78 is 5.61. The summed E-state index contributed by atoms with van der Waals surface area (Å²) >= 11 is 0. The van der Waals surface area contributed by atoms with Gasteiger partial charge in [0, 0.05) is 7.11 Å². The first-order valence-corrected chi connectivity index (χ1v) is 6.87. The van der Waals surface area contributed by atoms with Gasteiger partial charge in [-0.1, -0.05) is 58.3 Å². The first-order valence-electron chi connectivity index (χ1n) is 6.87. The molecule has 15 heavy (non-hydrogen) atoms. The normalized spacial score (nSPS) is 31.6. The van der Waals surface area contributed by atoms with Crippen molar-refractivity contribution in [2.75, 3.05) is 7.11 Å². The third kappa shape index (κ3) is 5.55. The van der Waals surface area contributed by atoms with E-state index in [0.717, 1.165) is 5.92 Å². The fraction of sp³-hybridized carbons (Fsp3) is 1.00. The Bertz CT molecular complexity index is 144. The van der Waals surface area contributed by atoms with Crippen molar-refractivity contribution in [3.8, 4) is 0 Å². The van der Waals surface area contributed by atoms with Crippen molar-refractivity contribution in [2.45, 2.75) is 77.2 Å². The number of hydrogen-bond donors (Lipinski definition) is 0. The van der Waals surface area contributed by atoms with Crippen LogP contribution >= 0.6 is 0 Å². The van der Waals surface area contributed by atoms with Crippen LogP contribution in [0.15, 0.2) is 0 Å². The fourth-order valence-electron chi connectivity index (χ4n) is 2.69. The van der Waals surface area contributed by atoms with E-state index >= 15 is 0 Å². The van der Waals surface area contributed by atoms with Gasteiger partial charge in [-0.2, -0.15) is 0 Å². The van der Waals surface area contributed by atoms with Crippen molar-refractivity contribution in [3.05, 3.63) is 0 Å². The van der Waals surface area contributed by atoms with Crippen LogP contribution in [-0.4, -0.2) is 13.2 Å². The minimum absolute atomic E-state index is 0.518. The molecule has 0 aromatic heterocycles. The molecule has 1 heteroatoms. The van der Waals surface area contributed by atoms with E-state index in [9.17, 15) is 0 Å². The summed E-state index contributed by atoms with van der Waals surface area (Å²) in [5.41, 5.74) is 0. The third-order valence-corrected chi connectivity index (χ3v) is 3.84. The molecule has 0 bridgehead atoms. The Morgan fingerprint density at radius 1 is 0.733 bits per heavy atom. The summed E-state index contributed by atoms with van der Waals surface area (Å²) in [7, 11) is 1.88. The van der Waals surface area contributed by atoms with Gasteiger partial charge in [-0.25, -0.2) is 0 Å². The second kappa shape index (κ2) is 8.15. The van der Waals surface area contributed by atoms with Gasteiger partial charge in [0.15, 0.2) is 0 Å². The van der Waals surface area contributed by atoms with Crippen molar-refractivity contribution in [1.29, 1.82) is 0 Å². The highest BCUT2D eigenvalue weighted by atomic mass is 16.5. The molecule has 0 aromatic carbocycles. The lowest BCUT2D eigenvalue weighted by atomic mass is 9.92. The van der Waals surface area contributed by atoms with E-state index in [1.54, 1.807) is 0 Å². The molecule has 1 rings (SSSR count). The topological polar surface area (TPSA) is 9.23 Å². The van der Waals surface area contributed by atoms with Crippen molar-refractivity contribution in [3.63, 3.8) is 0 Å². The molecule has 0 aliphatic heterocycles. The van der Waals surface area contributed by atoms with Crippen LogP contribution in [0, 0.1) is 5.92 Å². The zero-order valence-corrected chi connectivity index (χ0v) is 10.6. The Labute approximate surface area is 95.6 Å². The molecule has 1 saturated carbocycles. The average Bonchev–Trinajstić information content (AvgIpc) is 2.23. The quantitative estimate of drug-likeness (QED) is 0.619. The van der Waals surface area contributed by atoms with Crippen molar-refractivity contribution < 1.29 is 4.74 Å². The lowest BCUT2D eigenvalue weighted by Crippen LogP contribution is -2.20. The van der Waals surface area contributed by atoms with Crippen LogP contribution in [0.25, 0.3) is 0 Å². The lowest BCUT2D eigenvalue weighted by molar-refractivity contribution is 0.0453. The predicted molar refractivity (Wildman–Crippen MR) is 66.1 cm³/mol. The summed E-state index contributed by atoms with van der Waals surface area (Å²) in [5.74, 6) is 0.759. The van der Waals surface area contributed by atoms with Crippen LogP contribution in [0.2, 0.25) is 0 Å². The molecule has 0 radical (unpaired) electrons. The van der Waals surface area contributed by atoms with Crippen LogP contribution in [0.5, 0.6) is 0 Å². The van der Waals surface area contributed by atoms with Gasteiger partial charge in [0.25, 0.3) is 0 Å². The molecular weight excluding hydrogens is 184 g/mol. The highest BCUT2D eigenvalue weighted by molar-refractivity contribution is 4.67. The number of methoxy groups -OCH3 is 1. The Kier molecular flexibility index (Phi) is 7.08. The van der Waals surface area contributed by atoms with Gasteiger partial charge in [-0.05, 0) is 18.8 Å². The number of ether oxygens (including phenoxy) is 1. The zero-order valence-electron chi connectivity index (χ0n) is 10.6. The van der Waals surface area contributed by atoms with Gasteiger partial charge >= 0.3 is 0 Å². The maximum Gasteiger partial charge on any atom is 0.0596 e. The van der Waals surface area contributed by atoms with Crippen LogP contribution in [0.3, 0.4) is 0 Å². The van der Waals surface area contributed by atoms with E-state index in [2.05, 4.69) is 6.92 Å². The Hall–Kier alpha value is -0.0400. The highest BCUT2D eigenvalue weighted by Gasteiger charge is 2.16. The van der Waals surface area contributed by atoms with E-state index in [1.165, 1.54) is 64.2 Å². The molecule has 1 aliphatic carbocycles. The summed E-state index contributed by atoms with van der Waals surface area (Å²) in [6.45, 7) is 2.36. The van der Waals surface area contributed by atoms with Gasteiger partial charge < -0.3 is 4.74 Å². The van der Waals surface area contributed by atoms with Crippen LogP contribution in [0.4, 0.5) is 0 Å². The minimum atomic E-state index is 0.518. The molecule has 0 aromatic rings. The van der Waals surface area contributed by atoms with Crippen molar-refractivity contribution in [2.24, 2.45) is 5.92 Å². The largest absolute Gasteiger partial charge is 0.381 e. The molecule has 0 amide bonds. The van der Waals surface area contributed by atoms with Crippen molar-refractivity contribution >= 4 is 0 Å². The van der Waals surface area contributed by atoms with Gasteiger partial charge in [-0.15, -0.1) is 0 Å². The molecule has 1 nitrogen and oxygen atoms in total. The second-order valence-electron chi connectivity index (χ2n) is 5.16. The minimum Gasteiger partial charge on any atom is -0.381 e. The van der Waals surface area contributed by atoms with E-state index in [4.69, 9.17) is 4.74 Å². The monoisotopic (exact) mass is 212 g/mol. The summed E-state index contributed by atoms with van der Waals surface area (Å²) in [6.07, 6.45) is 14.6. The molecule has 0 N–H and O–H groups in total. The standard InChI is InChI=1S/C14H28O/c1-13-11-9-7-5-3-4-6-8-10-12-14(13)15-2/h13-14H,3-12H2,1-2H3. The molecule has 90 valence electrons. The SMILES string of the molecule is COC1CCCCCCCCCCC1C. The van der Waals surface area contributed by atoms with Crippen molar-refractivity contribution in [1.82, 2.24) is 0 Å². The molecule has 0 saturated heterocycles. The van der Waals surface area contributed by atoms with Gasteiger partial charge in [-0.3, -0.25) is 0 Å². The van der Waals surface area contributed by atoms with Crippen LogP contribution in [-0.2, 0) is 4.74 Å². The third-order valence-electron chi connectivity index (χ3n) is 3.84. The second-order valence-corrected chi connectivity index (χ2v) is 5.16. The lowest BCUT2D eigenvalue weighted by Gasteiger charge is -2.23. The number of hydrogen-bond acceptors (Lipinski definition) is 1. The Morgan fingerprint density at radius 2 is 1.20 bits per heavy atom. The van der Waals surface area contributed by atoms with E-state index in [0.29, 0.717) is 6.10 Å². The first-order chi connectivity index (χ1) is 7.34. The highest BCUT2D eigenvalue weighted by Crippen LogP contribution is 2.22. The summed E-state index contributed by atoms with van der Waals surface area (Å²) in [4.78, 5) is 0. The van der Waals surface area contributed by atoms with Gasteiger partial charge in [0.1, 0.15) is 0 Å². The average molecular weight is 212 g/mol. The van der Waals surface area contributed by atoms with Crippen LogP contribution < -0.4 is 0 Å². The van der Waals surface area contributed by atoms with Gasteiger partial charge in [0.05, 0.1) is 6.10 Å². The van der Waals surface area contributed by atoms with Gasteiger partial charge in [0.2, 0.25) is 0 Å². The maximum atomic E-state index is 5.61. The zero-order chi connectivity index (χ0) is 10.9. The summed E-state index contributed by atoms with van der Waals surface area (Å²) in [6, 6.07) is 0. The number of rotatable bonds is 1. The molecule has 2 unspecified atom stereocenters. The predicted octanol–water partition coefficient (Wildman–Crippen LogP) is 4.55. The molecule has 2 atom stereocenters. The molecule has 1 aliphatic rings. The maximum absolute atomic E-state index is 5.61. The first kappa shape index (κ1) is 13.0. The fourth-order valence-corrected chi connectivity index (χ4v) is 2.69. The molecule has 0 heterocycles. The smallest absolute Gasteiger partial charge is 0.0596 e. The Balaban J connectivity index is 2.30. The Morgan fingerprint density at radius 3 is 1.73 bits per heavy atom. The van der Waals surface area contributed by atoms with E-state index < -0.39 is 0 Å². The van der Waals surface area contributed by atoms with Crippen LogP contribution in [0.1, 0.15) is 71.1 Å². The molecule has 0 spiro atoms.